The summed E-state index contributed by atoms with van der Waals surface area (Å²) in [5.74, 6) is -0.920. The number of unbranched alkanes of at least 4 members (excludes halogenated alkanes) is 24. The van der Waals surface area contributed by atoms with Gasteiger partial charge in [0, 0.05) is 13.2 Å². The Hall–Kier alpha value is -0.100. The average molecular weight is 627 g/mol. The predicted octanol–water partition coefficient (Wildman–Crippen LogP) is 13.5. The molecule has 0 aromatic rings. The minimum Gasteiger partial charge on any atom is -0.550 e. The van der Waals surface area contributed by atoms with Gasteiger partial charge >= 0.3 is 0 Å². The Morgan fingerprint density at radius 1 is 0.349 bits per heavy atom. The summed E-state index contributed by atoms with van der Waals surface area (Å²) in [5, 5.41) is 9.92. The van der Waals surface area contributed by atoms with E-state index in [1.807, 2.05) is 0 Å². The van der Waals surface area contributed by atoms with Crippen LogP contribution in [0.5, 0.6) is 0 Å². The summed E-state index contributed by atoms with van der Waals surface area (Å²) >= 11 is 0. The fourth-order valence-electron chi connectivity index (χ4n) is 6.45. The lowest BCUT2D eigenvalue weighted by molar-refractivity contribution is -0.305. The van der Waals surface area contributed by atoms with Crippen molar-refractivity contribution in [3.05, 3.63) is 0 Å². The Kier molecular flexibility index (Phi) is 39.9. The molecule has 0 aliphatic carbocycles. The molecule has 0 aliphatic rings. The van der Waals surface area contributed by atoms with Gasteiger partial charge in [0.05, 0.1) is 24.6 Å². The highest BCUT2D eigenvalue weighted by molar-refractivity contribution is 7.75. The van der Waals surface area contributed by atoms with Crippen LogP contribution in [0.4, 0.5) is 0 Å². The maximum atomic E-state index is 9.92. The van der Waals surface area contributed by atoms with Crippen LogP contribution in [0.2, 0.25) is 0 Å². The van der Waals surface area contributed by atoms with Crippen LogP contribution in [-0.2, 0) is 4.79 Å². The summed E-state index contributed by atoms with van der Waals surface area (Å²) in [6.45, 7) is 11.5. The van der Waals surface area contributed by atoms with Crippen molar-refractivity contribution in [2.24, 2.45) is 0 Å². The van der Waals surface area contributed by atoms with Gasteiger partial charge in [0.1, 0.15) is 0 Å². The van der Waals surface area contributed by atoms with Crippen LogP contribution >= 0.6 is 7.26 Å². The number of hydrogen-bond donors (Lipinski definition) is 0. The first-order valence-electron chi connectivity index (χ1n) is 20.1. The summed E-state index contributed by atoms with van der Waals surface area (Å²) < 4.78 is 0. The minimum absolute atomic E-state index is 0.226. The quantitative estimate of drug-likeness (QED) is 0.0526. The van der Waals surface area contributed by atoms with Gasteiger partial charge in [-0.1, -0.05) is 163 Å². The van der Waals surface area contributed by atoms with Crippen molar-refractivity contribution in [3.8, 4) is 0 Å². The Morgan fingerprint density at radius 3 is 0.791 bits per heavy atom. The monoisotopic (exact) mass is 627 g/mol. The fourth-order valence-corrected chi connectivity index (χ4v) is 11.4. The molecule has 0 saturated carbocycles. The standard InChI is InChI=1S/C32H68P.C8H16O2/c1-5-9-13-17-21-25-29-33(30-26-22-18-14-10-6-2,31-27-23-19-15-11-7-3)32-28-24-20-16-12-8-4;1-2-3-4-5-6-7-8(9)10/h5-32H2,1-4H3;2-7H2,1H3,(H,9,10)/q+1;/p-1. The molecule has 0 bridgehead atoms. The molecule has 0 rings (SSSR count). The summed E-state index contributed by atoms with van der Waals surface area (Å²) in [6.07, 6.45) is 47.7. The molecular formula is C40H83O2P. The van der Waals surface area contributed by atoms with Crippen LogP contribution in [0.1, 0.15) is 227 Å². The van der Waals surface area contributed by atoms with E-state index in [0.717, 1.165) is 19.3 Å². The Labute approximate surface area is 274 Å². The fraction of sp³-hybridized carbons (Fsp3) is 0.975. The van der Waals surface area contributed by atoms with Crippen molar-refractivity contribution in [2.75, 3.05) is 24.6 Å². The van der Waals surface area contributed by atoms with E-state index >= 15 is 0 Å². The Morgan fingerprint density at radius 2 is 0.558 bits per heavy atom. The van der Waals surface area contributed by atoms with Crippen molar-refractivity contribution in [1.82, 2.24) is 0 Å². The maximum absolute atomic E-state index is 9.92. The Bertz CT molecular complexity index is 451. The number of hydrogen-bond acceptors (Lipinski definition) is 2. The first-order chi connectivity index (χ1) is 21.0. The first-order valence-corrected chi connectivity index (χ1v) is 22.6. The average Bonchev–Trinajstić information content (AvgIpc) is 3.00. The molecule has 43 heavy (non-hydrogen) atoms. The van der Waals surface area contributed by atoms with E-state index in [0.29, 0.717) is 0 Å². The molecule has 0 unspecified atom stereocenters. The van der Waals surface area contributed by atoms with E-state index in [2.05, 4.69) is 34.6 Å². The van der Waals surface area contributed by atoms with Crippen LogP contribution in [0.15, 0.2) is 0 Å². The summed E-state index contributed by atoms with van der Waals surface area (Å²) in [5.41, 5.74) is 0. The largest absolute Gasteiger partial charge is 0.550 e. The summed E-state index contributed by atoms with van der Waals surface area (Å²) in [6, 6.07) is 0. The van der Waals surface area contributed by atoms with Crippen LogP contribution in [-0.4, -0.2) is 30.6 Å². The smallest absolute Gasteiger partial charge is 0.0594 e. The van der Waals surface area contributed by atoms with Crippen molar-refractivity contribution < 1.29 is 9.90 Å². The molecule has 0 aromatic heterocycles. The molecule has 2 nitrogen and oxygen atoms in total. The third kappa shape index (κ3) is 36.2. The van der Waals surface area contributed by atoms with Gasteiger partial charge in [-0.05, 0) is 64.2 Å². The second-order valence-corrected chi connectivity index (χ2v) is 18.3. The Balaban J connectivity index is 0. The van der Waals surface area contributed by atoms with Crippen molar-refractivity contribution in [1.29, 1.82) is 0 Å². The molecule has 3 heteroatoms. The number of carboxylic acid groups (broad SMARTS) is 1. The van der Waals surface area contributed by atoms with Gasteiger partial charge in [-0.15, -0.1) is 0 Å². The van der Waals surface area contributed by atoms with E-state index in [9.17, 15) is 9.90 Å². The van der Waals surface area contributed by atoms with E-state index < -0.39 is 13.2 Å². The summed E-state index contributed by atoms with van der Waals surface area (Å²) in [4.78, 5) is 9.92. The number of carbonyl (C=O) groups is 1. The molecule has 0 aliphatic heterocycles. The molecule has 260 valence electrons. The highest BCUT2D eigenvalue weighted by Gasteiger charge is 2.34. The van der Waals surface area contributed by atoms with Crippen LogP contribution in [0.3, 0.4) is 0 Å². The van der Waals surface area contributed by atoms with Gasteiger partial charge in [-0.25, -0.2) is 0 Å². The molecule has 0 radical (unpaired) electrons. The van der Waals surface area contributed by atoms with Crippen molar-refractivity contribution in [2.45, 2.75) is 227 Å². The predicted molar refractivity (Wildman–Crippen MR) is 198 cm³/mol. The van der Waals surface area contributed by atoms with Gasteiger partial charge < -0.3 is 9.90 Å². The molecule has 0 aromatic carbocycles. The topological polar surface area (TPSA) is 40.1 Å². The van der Waals surface area contributed by atoms with E-state index in [1.165, 1.54) is 141 Å². The highest BCUT2D eigenvalue weighted by Crippen LogP contribution is 2.61. The maximum Gasteiger partial charge on any atom is 0.0594 e. The van der Waals surface area contributed by atoms with E-state index in [1.54, 1.807) is 50.3 Å². The zero-order valence-corrected chi connectivity index (χ0v) is 31.7. The van der Waals surface area contributed by atoms with E-state index in [4.69, 9.17) is 0 Å². The first kappa shape index (κ1) is 45.0. The van der Waals surface area contributed by atoms with Crippen LogP contribution < -0.4 is 5.11 Å². The van der Waals surface area contributed by atoms with Crippen molar-refractivity contribution in [3.63, 3.8) is 0 Å². The lowest BCUT2D eigenvalue weighted by atomic mass is 10.1. The number of aliphatic carboxylic acids is 1. The zero-order chi connectivity index (χ0) is 32.1. The molecule has 0 fully saturated rings. The molecule has 0 atom stereocenters. The lowest BCUT2D eigenvalue weighted by Crippen LogP contribution is -2.21. The molecule has 0 amide bonds. The second-order valence-electron chi connectivity index (χ2n) is 13.8. The zero-order valence-electron chi connectivity index (χ0n) is 30.8. The molecule has 0 N–H and O–H groups in total. The summed E-state index contributed by atoms with van der Waals surface area (Å²) in [7, 11) is -0.718. The van der Waals surface area contributed by atoms with Crippen LogP contribution in [0.25, 0.3) is 0 Å². The molecule has 0 saturated heterocycles. The molecular weight excluding hydrogens is 543 g/mol. The van der Waals surface area contributed by atoms with Crippen molar-refractivity contribution >= 4 is 13.2 Å². The third-order valence-electron chi connectivity index (χ3n) is 9.43. The molecule has 0 heterocycles. The second kappa shape index (κ2) is 38.1. The van der Waals surface area contributed by atoms with Crippen LogP contribution in [0, 0.1) is 0 Å². The lowest BCUT2D eigenvalue weighted by Gasteiger charge is -2.28. The normalized spacial score (nSPS) is 11.5. The highest BCUT2D eigenvalue weighted by atomic mass is 31.2. The van der Waals surface area contributed by atoms with Gasteiger partial charge in [0.15, 0.2) is 0 Å². The van der Waals surface area contributed by atoms with Gasteiger partial charge in [-0.2, -0.15) is 0 Å². The SMILES string of the molecule is CCCCCCCC(=O)[O-].CCCCCCCC[P+](CCCCCCCC)(CCCCCCCC)CCCCCCCC. The third-order valence-corrected chi connectivity index (χ3v) is 14.5. The minimum atomic E-state index is -0.920. The van der Waals surface area contributed by atoms with E-state index in [-0.39, 0.29) is 6.42 Å². The van der Waals surface area contributed by atoms with Gasteiger partial charge in [0.25, 0.3) is 0 Å². The van der Waals surface area contributed by atoms with Gasteiger partial charge in [-0.3, -0.25) is 0 Å². The number of carboxylic acids is 1. The number of carbonyl (C=O) groups excluding carboxylic acids is 1. The molecule has 0 spiro atoms. The number of rotatable bonds is 34. The van der Waals surface area contributed by atoms with Gasteiger partial charge in [0.2, 0.25) is 0 Å².